The van der Waals surface area contributed by atoms with E-state index in [2.05, 4.69) is 19.2 Å². The third-order valence-electron chi connectivity index (χ3n) is 5.88. The van der Waals surface area contributed by atoms with Gasteiger partial charge in [-0.15, -0.1) is 16.7 Å². The van der Waals surface area contributed by atoms with Crippen LogP contribution >= 0.6 is 11.6 Å². The summed E-state index contributed by atoms with van der Waals surface area (Å²) >= 11 is 6.18. The molecule has 3 atom stereocenters. The van der Waals surface area contributed by atoms with E-state index in [-0.39, 0.29) is 16.0 Å². The van der Waals surface area contributed by atoms with Crippen LogP contribution in [-0.2, 0) is 10.2 Å². The number of quaternary nitrogens is 1. The number of hydrogen-bond donors (Lipinski definition) is 1. The average Bonchev–Trinajstić information content (AvgIpc) is 2.84. The molecule has 29 heavy (non-hydrogen) atoms. The first-order valence-electron chi connectivity index (χ1n) is 10.0. The summed E-state index contributed by atoms with van der Waals surface area (Å²) < 4.78 is 29.8. The molecule has 2 aliphatic rings. The number of benzene rings is 2. The smallest absolute Gasteiger partial charge is 0.309 e. The highest BCUT2D eigenvalue weighted by molar-refractivity contribution is 7.93. The average molecular weight is 436 g/mol. The fourth-order valence-electron chi connectivity index (χ4n) is 4.84. The van der Waals surface area contributed by atoms with Crippen molar-refractivity contribution < 1.29 is 8.42 Å². The van der Waals surface area contributed by atoms with Gasteiger partial charge in [-0.3, -0.25) is 0 Å². The van der Waals surface area contributed by atoms with Crippen molar-refractivity contribution in [3.05, 3.63) is 53.1 Å². The highest BCUT2D eigenvalue weighted by atomic mass is 35.5. The predicted molar refractivity (Wildman–Crippen MR) is 120 cm³/mol. The van der Waals surface area contributed by atoms with Gasteiger partial charge in [0.25, 0.3) is 0 Å². The van der Waals surface area contributed by atoms with E-state index in [0.717, 1.165) is 22.6 Å². The minimum absolute atomic E-state index is 0.197. The quantitative estimate of drug-likeness (QED) is 0.741. The molecule has 156 valence electrons. The zero-order valence-electron chi connectivity index (χ0n) is 17.3. The van der Waals surface area contributed by atoms with E-state index in [9.17, 15) is 8.42 Å². The SMILES string of the molecule is CC[N+]1(c2ccc(Cl)cc2C)c2ccccc2N(N2C[C@@H](C)N[C@@H](C)C2)S1(=O)=O. The first-order valence-corrected chi connectivity index (χ1v) is 11.8. The Morgan fingerprint density at radius 1 is 1.10 bits per heavy atom. The predicted octanol–water partition coefficient (Wildman–Crippen LogP) is 3.97. The number of halogens is 1. The van der Waals surface area contributed by atoms with Gasteiger partial charge in [-0.25, -0.2) is 0 Å². The molecule has 2 aromatic rings. The second-order valence-electron chi connectivity index (χ2n) is 8.04. The number of fused-ring (bicyclic) bond motifs is 1. The Morgan fingerprint density at radius 3 is 2.38 bits per heavy atom. The lowest BCUT2D eigenvalue weighted by Gasteiger charge is -2.41. The first kappa shape index (κ1) is 20.6. The van der Waals surface area contributed by atoms with Crippen LogP contribution in [0.2, 0.25) is 5.02 Å². The Hall–Kier alpha value is -1.64. The van der Waals surface area contributed by atoms with Crippen LogP contribution in [0.1, 0.15) is 26.3 Å². The molecule has 0 bridgehead atoms. The molecule has 2 aromatic carbocycles. The standard InChI is InChI=1S/C21H28ClN4O2S/c1-5-26(20-11-10-18(22)12-15(20)2)21-9-7-6-8-19(21)25(29(26,27)28)24-13-16(3)23-17(4)14-24/h6-12,16-17,23H,5,13-14H2,1-4H3/q+1/t16-,17+,26?. The van der Waals surface area contributed by atoms with E-state index < -0.39 is 10.2 Å². The van der Waals surface area contributed by atoms with Crippen LogP contribution in [0.25, 0.3) is 0 Å². The van der Waals surface area contributed by atoms with Crippen LogP contribution in [-0.4, -0.2) is 45.1 Å². The lowest BCUT2D eigenvalue weighted by molar-refractivity contribution is 0.182. The topological polar surface area (TPSA) is 52.6 Å². The Balaban J connectivity index is 1.96. The minimum Gasteiger partial charge on any atom is -0.309 e. The number of anilines is 1. The zero-order valence-corrected chi connectivity index (χ0v) is 18.8. The zero-order chi connectivity index (χ0) is 21.0. The van der Waals surface area contributed by atoms with Gasteiger partial charge in [0.15, 0.2) is 11.4 Å². The maximum absolute atomic E-state index is 14.3. The highest BCUT2D eigenvalue weighted by Gasteiger charge is 2.60. The van der Waals surface area contributed by atoms with Crippen molar-refractivity contribution in [2.45, 2.75) is 39.8 Å². The van der Waals surface area contributed by atoms with Gasteiger partial charge in [0.2, 0.25) is 0 Å². The van der Waals surface area contributed by atoms with Gasteiger partial charge < -0.3 is 5.32 Å². The molecule has 1 saturated heterocycles. The summed E-state index contributed by atoms with van der Waals surface area (Å²) in [5, 5.41) is 6.06. The normalized spacial score (nSPS) is 29.1. The molecule has 0 amide bonds. The monoisotopic (exact) mass is 435 g/mol. The molecule has 6 nitrogen and oxygen atoms in total. The van der Waals surface area contributed by atoms with Gasteiger partial charge in [-0.2, -0.15) is 5.01 Å². The Labute approximate surface area is 178 Å². The summed E-state index contributed by atoms with van der Waals surface area (Å²) in [4.78, 5) is 0. The molecular formula is C21H28ClN4O2S+. The maximum atomic E-state index is 14.3. The molecule has 0 aliphatic carbocycles. The van der Waals surface area contributed by atoms with E-state index in [1.165, 1.54) is 0 Å². The van der Waals surface area contributed by atoms with E-state index in [1.807, 2.05) is 55.3 Å². The van der Waals surface area contributed by atoms with Crippen molar-refractivity contribution in [1.82, 2.24) is 14.2 Å². The van der Waals surface area contributed by atoms with Gasteiger partial charge in [0.1, 0.15) is 12.2 Å². The lowest BCUT2D eigenvalue weighted by atomic mass is 10.1. The fraction of sp³-hybridized carbons (Fsp3) is 0.429. The maximum Gasteiger partial charge on any atom is 0.420 e. The number of para-hydroxylation sites is 2. The number of hydrazine groups is 1. The van der Waals surface area contributed by atoms with Crippen LogP contribution in [0.15, 0.2) is 42.5 Å². The third kappa shape index (κ3) is 2.99. The van der Waals surface area contributed by atoms with Crippen molar-refractivity contribution in [3.8, 4) is 0 Å². The van der Waals surface area contributed by atoms with Crippen molar-refractivity contribution in [1.29, 1.82) is 0 Å². The molecular weight excluding hydrogens is 408 g/mol. The Kier molecular flexibility index (Phi) is 5.16. The second-order valence-corrected chi connectivity index (χ2v) is 10.3. The fourth-order valence-corrected chi connectivity index (χ4v) is 7.34. The molecule has 2 heterocycles. The van der Waals surface area contributed by atoms with Crippen LogP contribution < -0.4 is 13.6 Å². The van der Waals surface area contributed by atoms with Gasteiger partial charge in [0, 0.05) is 47.9 Å². The van der Waals surface area contributed by atoms with Gasteiger partial charge in [-0.05, 0) is 45.9 Å². The molecule has 0 aromatic heterocycles. The number of nitrogens with zero attached hydrogens (tertiary/aromatic N) is 3. The van der Waals surface area contributed by atoms with Crippen molar-refractivity contribution in [2.24, 2.45) is 0 Å². The molecule has 4 rings (SSSR count). The molecule has 0 radical (unpaired) electrons. The molecule has 1 fully saturated rings. The Morgan fingerprint density at radius 2 is 1.76 bits per heavy atom. The summed E-state index contributed by atoms with van der Waals surface area (Å²) in [6.45, 7) is 9.66. The number of nitrogens with one attached hydrogen (secondary N) is 1. The van der Waals surface area contributed by atoms with Gasteiger partial charge in [0.05, 0.1) is 0 Å². The largest absolute Gasteiger partial charge is 0.420 e. The second kappa shape index (κ2) is 7.25. The van der Waals surface area contributed by atoms with Gasteiger partial charge >= 0.3 is 10.2 Å². The highest BCUT2D eigenvalue weighted by Crippen LogP contribution is 2.53. The van der Waals surface area contributed by atoms with E-state index in [1.54, 1.807) is 10.5 Å². The van der Waals surface area contributed by atoms with Crippen molar-refractivity contribution in [2.75, 3.05) is 24.0 Å². The summed E-state index contributed by atoms with van der Waals surface area (Å²) in [6.07, 6.45) is 0. The van der Waals surface area contributed by atoms with Crippen LogP contribution in [0, 0.1) is 6.92 Å². The Bertz CT molecular complexity index is 1030. The van der Waals surface area contributed by atoms with Crippen molar-refractivity contribution >= 4 is 38.9 Å². The summed E-state index contributed by atoms with van der Waals surface area (Å²) in [7, 11) is -3.81. The third-order valence-corrected chi connectivity index (χ3v) is 8.42. The van der Waals surface area contributed by atoms with E-state index >= 15 is 0 Å². The number of hydrogen-bond acceptors (Lipinski definition) is 4. The van der Waals surface area contributed by atoms with E-state index in [0.29, 0.717) is 24.7 Å². The number of piperazine rings is 1. The molecule has 0 spiro atoms. The molecule has 0 saturated carbocycles. The summed E-state index contributed by atoms with van der Waals surface area (Å²) in [5.74, 6) is 0. The first-order chi connectivity index (χ1) is 13.7. The van der Waals surface area contributed by atoms with Gasteiger partial charge in [-0.1, -0.05) is 23.7 Å². The van der Waals surface area contributed by atoms with Crippen LogP contribution in [0.4, 0.5) is 17.1 Å². The lowest BCUT2D eigenvalue weighted by Crippen LogP contribution is -2.63. The number of rotatable bonds is 3. The minimum atomic E-state index is -3.81. The summed E-state index contributed by atoms with van der Waals surface area (Å²) in [5.41, 5.74) is 3.11. The van der Waals surface area contributed by atoms with Crippen LogP contribution in [0.5, 0.6) is 0 Å². The molecule has 8 heteroatoms. The molecule has 2 aliphatic heterocycles. The molecule has 1 unspecified atom stereocenters. The van der Waals surface area contributed by atoms with Crippen LogP contribution in [0.3, 0.4) is 0 Å². The molecule has 1 N–H and O–H groups in total. The van der Waals surface area contributed by atoms with E-state index in [4.69, 9.17) is 11.6 Å². The summed E-state index contributed by atoms with van der Waals surface area (Å²) in [6, 6.07) is 13.5. The van der Waals surface area contributed by atoms with Crippen molar-refractivity contribution in [3.63, 3.8) is 0 Å². The number of aryl methyl sites for hydroxylation is 1.